The summed E-state index contributed by atoms with van der Waals surface area (Å²) in [6.07, 6.45) is 4.67. The Morgan fingerprint density at radius 2 is 1.97 bits per heavy atom. The van der Waals surface area contributed by atoms with E-state index in [1.54, 1.807) is 36.7 Å². The molecule has 0 spiro atoms. The zero-order valence-electron chi connectivity index (χ0n) is 16.7. The normalized spacial score (nSPS) is 14.3. The van der Waals surface area contributed by atoms with Gasteiger partial charge in [0.2, 0.25) is 0 Å². The first kappa shape index (κ1) is 21.1. The lowest BCUT2D eigenvalue weighted by Gasteiger charge is -2.08. The molecule has 160 valence electrons. The summed E-state index contributed by atoms with van der Waals surface area (Å²) in [5.74, 6) is -0.506. The number of carbonyl (C=O) groups excluding carboxylic acids is 1. The molecule has 1 N–H and O–H groups in total. The van der Waals surface area contributed by atoms with Crippen LogP contribution >= 0.6 is 11.3 Å². The Hall–Kier alpha value is -3.11. The molecule has 10 heteroatoms. The highest BCUT2D eigenvalue weighted by atomic mass is 32.2. The van der Waals surface area contributed by atoms with E-state index in [0.29, 0.717) is 29.2 Å². The van der Waals surface area contributed by atoms with Gasteiger partial charge in [-0.25, -0.2) is 13.4 Å². The molecular formula is C21H20N4O4S2. The Morgan fingerprint density at radius 1 is 1.19 bits per heavy atom. The Kier molecular flexibility index (Phi) is 6.10. The lowest BCUT2D eigenvalue weighted by molar-refractivity contribution is -0.110. The van der Waals surface area contributed by atoms with E-state index in [1.807, 2.05) is 13.0 Å². The van der Waals surface area contributed by atoms with Crippen LogP contribution < -0.4 is 5.32 Å². The van der Waals surface area contributed by atoms with Gasteiger partial charge >= 0.3 is 0 Å². The Labute approximate surface area is 183 Å². The number of benzene rings is 1. The largest absolute Gasteiger partial charge is 0.389 e. The Morgan fingerprint density at radius 3 is 2.58 bits per heavy atom. The first-order valence-corrected chi connectivity index (χ1v) is 12.0. The molecule has 3 aromatic rings. The second-order valence-corrected chi connectivity index (χ2v) is 10.5. The number of carbonyl (C=O) groups is 1. The fraction of sp³-hybridized carbons (Fsp3) is 0.238. The summed E-state index contributed by atoms with van der Waals surface area (Å²) in [4.78, 5) is 27.7. The van der Waals surface area contributed by atoms with Crippen molar-refractivity contribution in [3.05, 3.63) is 71.0 Å². The third-order valence-corrected chi connectivity index (χ3v) is 7.68. The average molecular weight is 457 g/mol. The number of oxime groups is 1. The van der Waals surface area contributed by atoms with E-state index in [-0.39, 0.29) is 22.5 Å². The molecule has 0 radical (unpaired) electrons. The molecule has 0 bridgehead atoms. The van der Waals surface area contributed by atoms with E-state index < -0.39 is 15.7 Å². The molecule has 1 aliphatic rings. The lowest BCUT2D eigenvalue weighted by Crippen LogP contribution is -2.24. The van der Waals surface area contributed by atoms with Gasteiger partial charge in [-0.3, -0.25) is 15.1 Å². The first-order chi connectivity index (χ1) is 14.9. The van der Waals surface area contributed by atoms with E-state index in [1.165, 1.54) is 23.5 Å². The number of aromatic nitrogens is 2. The highest BCUT2D eigenvalue weighted by Gasteiger charge is 2.36. The summed E-state index contributed by atoms with van der Waals surface area (Å²) >= 11 is 1.34. The maximum Gasteiger partial charge on any atom is 0.280 e. The van der Waals surface area contributed by atoms with Crippen molar-refractivity contribution in [1.82, 2.24) is 9.97 Å². The number of nitrogens with zero attached hydrogens (tertiary/aromatic N) is 3. The SMILES string of the molecule is Cc1cnc(NC(=O)/C(=N/OCc2ccccn2)c2ccc(S(=O)(=O)C3CC3)cc2)s1. The van der Waals surface area contributed by atoms with Crippen LogP contribution in [0.3, 0.4) is 0 Å². The smallest absolute Gasteiger partial charge is 0.280 e. The van der Waals surface area contributed by atoms with Gasteiger partial charge in [-0.05, 0) is 44.0 Å². The van der Waals surface area contributed by atoms with Gasteiger partial charge in [0.1, 0.15) is 0 Å². The van der Waals surface area contributed by atoms with E-state index in [2.05, 4.69) is 20.4 Å². The summed E-state index contributed by atoms with van der Waals surface area (Å²) in [5.41, 5.74) is 1.10. The van der Waals surface area contributed by atoms with Crippen molar-refractivity contribution in [2.45, 2.75) is 36.5 Å². The van der Waals surface area contributed by atoms with Gasteiger partial charge in [0, 0.05) is 22.8 Å². The van der Waals surface area contributed by atoms with Gasteiger partial charge < -0.3 is 4.84 Å². The fourth-order valence-corrected chi connectivity index (χ4v) is 5.13. The molecule has 1 amide bonds. The number of thiazole rings is 1. The number of amides is 1. The van der Waals surface area contributed by atoms with Crippen molar-refractivity contribution in [3.8, 4) is 0 Å². The minimum atomic E-state index is -3.32. The number of anilines is 1. The molecule has 0 atom stereocenters. The topological polar surface area (TPSA) is 111 Å². The van der Waals surface area contributed by atoms with Gasteiger partial charge in [0.25, 0.3) is 5.91 Å². The van der Waals surface area contributed by atoms with Crippen LogP contribution in [0.4, 0.5) is 5.13 Å². The average Bonchev–Trinajstić information content (AvgIpc) is 3.56. The molecule has 1 aliphatic carbocycles. The fourth-order valence-electron chi connectivity index (χ4n) is 2.81. The van der Waals surface area contributed by atoms with Crippen molar-refractivity contribution in [2.75, 3.05) is 5.32 Å². The molecule has 0 saturated heterocycles. The number of hydrogen-bond donors (Lipinski definition) is 1. The number of rotatable bonds is 8. The molecule has 4 rings (SSSR count). The molecule has 0 aliphatic heterocycles. The van der Waals surface area contributed by atoms with Crippen molar-refractivity contribution in [2.24, 2.45) is 5.16 Å². The van der Waals surface area contributed by atoms with Crippen LogP contribution in [0.2, 0.25) is 0 Å². The molecule has 8 nitrogen and oxygen atoms in total. The van der Waals surface area contributed by atoms with E-state index in [4.69, 9.17) is 4.84 Å². The monoisotopic (exact) mass is 456 g/mol. The quantitative estimate of drug-likeness (QED) is 0.411. The van der Waals surface area contributed by atoms with E-state index >= 15 is 0 Å². The van der Waals surface area contributed by atoms with Gasteiger partial charge in [0.15, 0.2) is 27.3 Å². The van der Waals surface area contributed by atoms with Crippen LogP contribution in [-0.4, -0.2) is 35.3 Å². The Bertz CT molecular complexity index is 1200. The summed E-state index contributed by atoms with van der Waals surface area (Å²) in [6, 6.07) is 11.5. The Balaban J connectivity index is 1.57. The number of hydrogen-bond acceptors (Lipinski definition) is 8. The van der Waals surface area contributed by atoms with Crippen molar-refractivity contribution in [1.29, 1.82) is 0 Å². The molecule has 2 heterocycles. The highest BCUT2D eigenvalue weighted by molar-refractivity contribution is 7.92. The number of pyridine rings is 1. The molecule has 2 aromatic heterocycles. The summed E-state index contributed by atoms with van der Waals surface area (Å²) in [6.45, 7) is 1.97. The molecule has 1 fully saturated rings. The zero-order chi connectivity index (χ0) is 21.8. The molecule has 0 unspecified atom stereocenters. The number of nitrogens with one attached hydrogen (secondary N) is 1. The van der Waals surface area contributed by atoms with Gasteiger partial charge in [0.05, 0.1) is 15.8 Å². The van der Waals surface area contributed by atoms with E-state index in [0.717, 1.165) is 4.88 Å². The van der Waals surface area contributed by atoms with Crippen LogP contribution in [0.15, 0.2) is 64.9 Å². The first-order valence-electron chi connectivity index (χ1n) is 9.61. The van der Waals surface area contributed by atoms with E-state index in [9.17, 15) is 13.2 Å². The molecule has 31 heavy (non-hydrogen) atoms. The number of sulfone groups is 1. The van der Waals surface area contributed by atoms with Gasteiger partial charge in [-0.2, -0.15) is 0 Å². The van der Waals surface area contributed by atoms with Crippen LogP contribution in [-0.2, 0) is 26.1 Å². The minimum Gasteiger partial charge on any atom is -0.389 e. The molecule has 1 aromatic carbocycles. The number of aryl methyl sites for hydroxylation is 1. The van der Waals surface area contributed by atoms with Gasteiger partial charge in [-0.15, -0.1) is 11.3 Å². The predicted octanol–water partition coefficient (Wildman–Crippen LogP) is 3.34. The van der Waals surface area contributed by atoms with Crippen LogP contribution in [0.5, 0.6) is 0 Å². The summed E-state index contributed by atoms with van der Waals surface area (Å²) in [5, 5.41) is 6.87. The van der Waals surface area contributed by atoms with Crippen molar-refractivity contribution < 1.29 is 18.0 Å². The van der Waals surface area contributed by atoms with Crippen molar-refractivity contribution >= 4 is 37.9 Å². The molecule has 1 saturated carbocycles. The predicted molar refractivity (Wildman–Crippen MR) is 118 cm³/mol. The summed E-state index contributed by atoms with van der Waals surface area (Å²) < 4.78 is 24.9. The third-order valence-electron chi connectivity index (χ3n) is 4.57. The van der Waals surface area contributed by atoms with Crippen LogP contribution in [0.25, 0.3) is 0 Å². The summed E-state index contributed by atoms with van der Waals surface area (Å²) in [7, 11) is -3.32. The second kappa shape index (κ2) is 8.94. The maximum atomic E-state index is 12.9. The second-order valence-electron chi connectivity index (χ2n) is 7.03. The standard InChI is InChI=1S/C21H20N4O4S2/c1-14-12-23-21(30-14)24-20(26)19(25-29-13-16-4-2-3-11-22-16)15-5-7-17(8-6-15)31(27,28)18-9-10-18/h2-8,11-12,18H,9-10,13H2,1H3,(H,23,24,26)/b25-19+. The zero-order valence-corrected chi connectivity index (χ0v) is 18.3. The lowest BCUT2D eigenvalue weighted by atomic mass is 10.1. The van der Waals surface area contributed by atoms with Crippen molar-refractivity contribution in [3.63, 3.8) is 0 Å². The maximum absolute atomic E-state index is 12.9. The minimum absolute atomic E-state index is 0.0131. The van der Waals surface area contributed by atoms with Crippen LogP contribution in [0, 0.1) is 6.92 Å². The third kappa shape index (κ3) is 5.15. The molecular weight excluding hydrogens is 436 g/mol. The highest BCUT2D eigenvalue weighted by Crippen LogP contribution is 2.33. The van der Waals surface area contributed by atoms with Crippen LogP contribution in [0.1, 0.15) is 29.0 Å². The van der Waals surface area contributed by atoms with Gasteiger partial charge in [-0.1, -0.05) is 23.4 Å².